The highest BCUT2D eigenvalue weighted by Crippen LogP contribution is 2.32. The molecule has 0 aliphatic carbocycles. The molecule has 2 heterocycles. The molecule has 12 heteroatoms. The van der Waals surface area contributed by atoms with Gasteiger partial charge in [0.15, 0.2) is 22.8 Å². The molecule has 0 spiro atoms. The number of aromatic hydroxyl groups is 3. The lowest BCUT2D eigenvalue weighted by molar-refractivity contribution is -0.278. The summed E-state index contributed by atoms with van der Waals surface area (Å²) in [4.78, 5) is 23.4. The first kappa shape index (κ1) is 25.0. The fourth-order valence-corrected chi connectivity index (χ4v) is 3.51. The van der Waals surface area contributed by atoms with E-state index in [0.717, 1.165) is 18.2 Å². The average molecular weight is 502 g/mol. The SMILES string of the molecule is O=C(/C=C/c1ccc(O)c(O)c1)OC[C@H]1O[C@@H](Oc2cc(O)c3oc(=O)ccc3c2)[C@H](O)[C@@H](O)[C@@H]1O. The number of phenolic OH excluding ortho intramolecular Hbond substituents is 3. The minimum Gasteiger partial charge on any atom is -0.504 e. The Labute approximate surface area is 202 Å². The van der Waals surface area contributed by atoms with Crippen molar-refractivity contribution < 1.29 is 54.1 Å². The van der Waals surface area contributed by atoms with E-state index in [1.165, 1.54) is 36.4 Å². The van der Waals surface area contributed by atoms with Gasteiger partial charge in [-0.2, -0.15) is 0 Å². The van der Waals surface area contributed by atoms with Crippen LogP contribution in [0.3, 0.4) is 0 Å². The van der Waals surface area contributed by atoms with Crippen LogP contribution >= 0.6 is 0 Å². The van der Waals surface area contributed by atoms with Crippen molar-refractivity contribution in [1.82, 2.24) is 0 Å². The van der Waals surface area contributed by atoms with Gasteiger partial charge in [-0.25, -0.2) is 9.59 Å². The molecular formula is C24H22O12. The van der Waals surface area contributed by atoms with Crippen LogP contribution in [0.15, 0.2) is 57.8 Å². The van der Waals surface area contributed by atoms with Crippen molar-refractivity contribution >= 4 is 23.0 Å². The molecule has 5 atom stereocenters. The zero-order chi connectivity index (χ0) is 26.0. The molecule has 12 nitrogen and oxygen atoms in total. The Morgan fingerprint density at radius 2 is 1.69 bits per heavy atom. The first-order valence-corrected chi connectivity index (χ1v) is 10.6. The summed E-state index contributed by atoms with van der Waals surface area (Å²) in [5.74, 6) is -1.94. The zero-order valence-electron chi connectivity index (χ0n) is 18.4. The lowest BCUT2D eigenvalue weighted by atomic mass is 9.99. The minimum atomic E-state index is -1.71. The lowest BCUT2D eigenvalue weighted by Crippen LogP contribution is -2.60. The van der Waals surface area contributed by atoms with Gasteiger partial charge in [0.1, 0.15) is 36.8 Å². The molecule has 0 saturated carbocycles. The van der Waals surface area contributed by atoms with Crippen molar-refractivity contribution in [2.75, 3.05) is 6.61 Å². The number of aliphatic hydroxyl groups is 3. The number of hydrogen-bond acceptors (Lipinski definition) is 12. The first-order chi connectivity index (χ1) is 17.1. The Balaban J connectivity index is 1.42. The van der Waals surface area contributed by atoms with E-state index in [9.17, 15) is 40.2 Å². The van der Waals surface area contributed by atoms with E-state index < -0.39 is 54.7 Å². The molecule has 2 aromatic carbocycles. The molecule has 0 radical (unpaired) electrons. The van der Waals surface area contributed by atoms with Crippen molar-refractivity contribution in [2.24, 2.45) is 0 Å². The third-order valence-electron chi connectivity index (χ3n) is 5.40. The predicted octanol–water partition coefficient (Wildman–Crippen LogP) is 0.353. The first-order valence-electron chi connectivity index (χ1n) is 10.6. The van der Waals surface area contributed by atoms with Crippen LogP contribution in [-0.2, 0) is 14.3 Å². The Kier molecular flexibility index (Phi) is 7.12. The molecule has 190 valence electrons. The molecule has 0 unspecified atom stereocenters. The summed E-state index contributed by atoms with van der Waals surface area (Å²) in [6.45, 7) is -0.511. The van der Waals surface area contributed by atoms with E-state index >= 15 is 0 Å². The Bertz CT molecular complexity index is 1350. The standard InChI is InChI=1S/C24H22O12/c25-14-4-1-11(7-15(14)26)2-5-18(28)33-10-17-20(30)21(31)22(32)24(35-17)34-13-8-12-3-6-19(29)36-23(12)16(27)9-13/h1-9,17,20-22,24-27,30-32H,10H2/b5-2+/t17-,20-,21+,22-,24-/m1/s1. The van der Waals surface area contributed by atoms with Gasteiger partial charge in [0.25, 0.3) is 0 Å². The maximum absolute atomic E-state index is 12.1. The molecule has 0 amide bonds. The van der Waals surface area contributed by atoms with Gasteiger partial charge in [0, 0.05) is 23.6 Å². The summed E-state index contributed by atoms with van der Waals surface area (Å²) in [5.41, 5.74) is -0.333. The van der Waals surface area contributed by atoms with Crippen molar-refractivity contribution in [1.29, 1.82) is 0 Å². The quantitative estimate of drug-likeness (QED) is 0.117. The summed E-state index contributed by atoms with van der Waals surface area (Å²) < 4.78 is 21.0. The summed E-state index contributed by atoms with van der Waals surface area (Å²) >= 11 is 0. The number of aliphatic hydroxyl groups excluding tert-OH is 3. The Morgan fingerprint density at radius 3 is 2.44 bits per heavy atom. The second kappa shape index (κ2) is 10.3. The molecule has 1 aliphatic heterocycles. The van der Waals surface area contributed by atoms with Crippen LogP contribution in [0.1, 0.15) is 5.56 Å². The van der Waals surface area contributed by atoms with Gasteiger partial charge in [0.05, 0.1) is 0 Å². The molecule has 4 rings (SSSR count). The number of ether oxygens (including phenoxy) is 3. The number of phenols is 3. The van der Waals surface area contributed by atoms with Crippen LogP contribution in [0.4, 0.5) is 0 Å². The maximum atomic E-state index is 12.1. The van der Waals surface area contributed by atoms with E-state index in [2.05, 4.69) is 0 Å². The van der Waals surface area contributed by atoms with Gasteiger partial charge in [-0.1, -0.05) is 6.07 Å². The van der Waals surface area contributed by atoms with Gasteiger partial charge < -0.3 is 49.3 Å². The average Bonchev–Trinajstić information content (AvgIpc) is 2.85. The third kappa shape index (κ3) is 5.42. The van der Waals surface area contributed by atoms with Crippen molar-refractivity contribution in [3.8, 4) is 23.0 Å². The van der Waals surface area contributed by atoms with E-state index in [1.807, 2.05) is 0 Å². The Morgan fingerprint density at radius 1 is 0.917 bits per heavy atom. The van der Waals surface area contributed by atoms with E-state index in [1.54, 1.807) is 0 Å². The largest absolute Gasteiger partial charge is 0.504 e. The van der Waals surface area contributed by atoms with Crippen LogP contribution in [0.2, 0.25) is 0 Å². The van der Waals surface area contributed by atoms with Crippen molar-refractivity contribution in [3.05, 3.63) is 64.5 Å². The number of carbonyl (C=O) groups is 1. The molecule has 3 aromatic rings. The number of fused-ring (bicyclic) bond motifs is 1. The zero-order valence-corrected chi connectivity index (χ0v) is 18.4. The molecule has 1 aromatic heterocycles. The third-order valence-corrected chi connectivity index (χ3v) is 5.40. The number of esters is 1. The summed E-state index contributed by atoms with van der Waals surface area (Å²) in [7, 11) is 0. The highest BCUT2D eigenvalue weighted by molar-refractivity contribution is 5.87. The number of carbonyl (C=O) groups excluding carboxylic acids is 1. The van der Waals surface area contributed by atoms with Crippen molar-refractivity contribution in [2.45, 2.75) is 30.7 Å². The maximum Gasteiger partial charge on any atom is 0.336 e. The fourth-order valence-electron chi connectivity index (χ4n) is 3.51. The van der Waals surface area contributed by atoms with Gasteiger partial charge in [-0.05, 0) is 35.9 Å². The van der Waals surface area contributed by atoms with Crippen LogP contribution in [-0.4, -0.2) is 73.9 Å². The smallest absolute Gasteiger partial charge is 0.336 e. The minimum absolute atomic E-state index is 0.00248. The van der Waals surface area contributed by atoms with Crippen LogP contribution in [0.5, 0.6) is 23.0 Å². The van der Waals surface area contributed by atoms with Gasteiger partial charge in [-0.3, -0.25) is 0 Å². The van der Waals surface area contributed by atoms with E-state index in [0.29, 0.717) is 10.9 Å². The number of hydrogen-bond donors (Lipinski definition) is 6. The highest BCUT2D eigenvalue weighted by Gasteiger charge is 2.45. The normalized spacial score (nSPS) is 24.1. The van der Waals surface area contributed by atoms with Crippen LogP contribution in [0, 0.1) is 0 Å². The number of rotatable bonds is 6. The lowest BCUT2D eigenvalue weighted by Gasteiger charge is -2.39. The molecule has 6 N–H and O–H groups in total. The van der Waals surface area contributed by atoms with E-state index in [-0.39, 0.29) is 22.8 Å². The van der Waals surface area contributed by atoms with Gasteiger partial charge in [0.2, 0.25) is 6.29 Å². The summed E-state index contributed by atoms with van der Waals surface area (Å²) in [6, 6.07) is 8.95. The summed E-state index contributed by atoms with van der Waals surface area (Å²) in [5, 5.41) is 60.0. The molecular weight excluding hydrogens is 480 g/mol. The van der Waals surface area contributed by atoms with Crippen LogP contribution < -0.4 is 10.4 Å². The Hall–Kier alpha value is -4.10. The number of benzene rings is 2. The van der Waals surface area contributed by atoms with Gasteiger partial charge in [-0.15, -0.1) is 0 Å². The van der Waals surface area contributed by atoms with Crippen molar-refractivity contribution in [3.63, 3.8) is 0 Å². The molecule has 0 bridgehead atoms. The fraction of sp³-hybridized carbons (Fsp3) is 0.250. The van der Waals surface area contributed by atoms with Crippen LogP contribution in [0.25, 0.3) is 17.0 Å². The second-order valence-corrected chi connectivity index (χ2v) is 7.96. The predicted molar refractivity (Wildman–Crippen MR) is 121 cm³/mol. The monoisotopic (exact) mass is 502 g/mol. The highest BCUT2D eigenvalue weighted by atomic mass is 16.7. The topological polar surface area (TPSA) is 196 Å². The summed E-state index contributed by atoms with van der Waals surface area (Å²) in [6.07, 6.45) is -5.47. The van der Waals surface area contributed by atoms with E-state index in [4.69, 9.17) is 18.6 Å². The molecule has 1 aliphatic rings. The van der Waals surface area contributed by atoms with Gasteiger partial charge >= 0.3 is 11.6 Å². The second-order valence-electron chi connectivity index (χ2n) is 7.96. The molecule has 36 heavy (non-hydrogen) atoms. The molecule has 1 fully saturated rings. The molecule has 1 saturated heterocycles.